The third-order valence-electron chi connectivity index (χ3n) is 4.87. The van der Waals surface area contributed by atoms with Gasteiger partial charge in [0.1, 0.15) is 23.0 Å². The van der Waals surface area contributed by atoms with Gasteiger partial charge in [-0.3, -0.25) is 9.59 Å². The van der Waals surface area contributed by atoms with E-state index in [1.54, 1.807) is 64.5 Å². The summed E-state index contributed by atoms with van der Waals surface area (Å²) < 4.78 is 21.0. The lowest BCUT2D eigenvalue weighted by Crippen LogP contribution is -2.24. The van der Waals surface area contributed by atoms with Crippen molar-refractivity contribution in [3.63, 3.8) is 0 Å². The molecule has 2 aromatic carbocycles. The zero-order valence-corrected chi connectivity index (χ0v) is 20.2. The quantitative estimate of drug-likeness (QED) is 0.385. The maximum Gasteiger partial charge on any atom is 0.240 e. The van der Waals surface area contributed by atoms with Crippen molar-refractivity contribution in [2.24, 2.45) is 10.2 Å². The molecule has 2 aromatic rings. The van der Waals surface area contributed by atoms with E-state index in [1.807, 2.05) is 0 Å². The average Bonchev–Trinajstić information content (AvgIpc) is 2.87. The Morgan fingerprint density at radius 2 is 1.06 bits per heavy atom. The molecule has 0 radical (unpaired) electrons. The molecule has 10 nitrogen and oxygen atoms in total. The summed E-state index contributed by atoms with van der Waals surface area (Å²) in [4.78, 5) is 24.3. The molecule has 0 saturated heterocycles. The number of nitrogens with zero attached hydrogens (tertiary/aromatic N) is 2. The zero-order valence-electron chi connectivity index (χ0n) is 20.2. The summed E-state index contributed by atoms with van der Waals surface area (Å²) in [6, 6.07) is 10.6. The SMILES string of the molecule is COc1ccc(/C(C)=N\NC(=O)CCC(=O)N/N=C(/C)c2ccc(OC)cc2OC)c(OC)c1. The number of methoxy groups -OCH3 is 4. The molecule has 34 heavy (non-hydrogen) atoms. The number of nitrogens with one attached hydrogen (secondary N) is 2. The van der Waals surface area contributed by atoms with Crippen LogP contribution in [0.25, 0.3) is 0 Å². The van der Waals surface area contributed by atoms with Crippen molar-refractivity contribution < 1.29 is 28.5 Å². The van der Waals surface area contributed by atoms with Gasteiger partial charge in [0, 0.05) is 36.1 Å². The molecule has 0 bridgehead atoms. The lowest BCUT2D eigenvalue weighted by Gasteiger charge is -2.10. The standard InChI is InChI=1S/C24H30N4O6/c1-15(19-9-7-17(31-3)13-21(19)33-5)25-27-23(29)11-12-24(30)28-26-16(2)20-10-8-18(32-4)14-22(20)34-6/h7-10,13-14H,11-12H2,1-6H3,(H,27,29)(H,28,30)/b25-15-,26-16-. The normalized spacial score (nSPS) is 11.5. The van der Waals surface area contributed by atoms with E-state index < -0.39 is 11.8 Å². The van der Waals surface area contributed by atoms with Crippen LogP contribution in [0.4, 0.5) is 0 Å². The fourth-order valence-electron chi connectivity index (χ4n) is 2.95. The second-order valence-electron chi connectivity index (χ2n) is 7.10. The summed E-state index contributed by atoms with van der Waals surface area (Å²) >= 11 is 0. The molecular weight excluding hydrogens is 440 g/mol. The largest absolute Gasteiger partial charge is 0.497 e. The summed E-state index contributed by atoms with van der Waals surface area (Å²) in [6.07, 6.45) is -0.106. The molecule has 0 atom stereocenters. The molecule has 0 fully saturated rings. The minimum Gasteiger partial charge on any atom is -0.497 e. The summed E-state index contributed by atoms with van der Waals surface area (Å²) in [7, 11) is 6.21. The topological polar surface area (TPSA) is 120 Å². The molecular formula is C24H30N4O6. The van der Waals surface area contributed by atoms with Gasteiger partial charge in [-0.2, -0.15) is 10.2 Å². The van der Waals surface area contributed by atoms with Crippen molar-refractivity contribution in [1.29, 1.82) is 0 Å². The second kappa shape index (κ2) is 12.8. The van der Waals surface area contributed by atoms with Gasteiger partial charge in [0.25, 0.3) is 0 Å². The summed E-state index contributed by atoms with van der Waals surface area (Å²) in [5.41, 5.74) is 7.41. The van der Waals surface area contributed by atoms with Crippen molar-refractivity contribution in [3.05, 3.63) is 47.5 Å². The Bertz CT molecular complexity index is 996. The van der Waals surface area contributed by atoms with Gasteiger partial charge in [-0.25, -0.2) is 10.9 Å². The molecule has 182 valence electrons. The Kier molecular flexibility index (Phi) is 9.88. The van der Waals surface area contributed by atoms with E-state index in [4.69, 9.17) is 18.9 Å². The van der Waals surface area contributed by atoms with Crippen molar-refractivity contribution in [2.45, 2.75) is 26.7 Å². The fraction of sp³-hybridized carbons (Fsp3) is 0.333. The molecule has 10 heteroatoms. The Morgan fingerprint density at radius 3 is 1.38 bits per heavy atom. The Hall–Kier alpha value is -4.08. The van der Waals surface area contributed by atoms with Crippen molar-refractivity contribution >= 4 is 23.2 Å². The third kappa shape index (κ3) is 7.22. The second-order valence-corrected chi connectivity index (χ2v) is 7.10. The third-order valence-corrected chi connectivity index (χ3v) is 4.87. The van der Waals surface area contributed by atoms with E-state index >= 15 is 0 Å². The van der Waals surface area contributed by atoms with E-state index in [1.165, 1.54) is 14.2 Å². The first kappa shape index (κ1) is 26.2. The first-order valence-electron chi connectivity index (χ1n) is 10.4. The summed E-state index contributed by atoms with van der Waals surface area (Å²) in [5, 5.41) is 8.19. The van der Waals surface area contributed by atoms with Gasteiger partial charge in [0.2, 0.25) is 11.8 Å². The first-order valence-corrected chi connectivity index (χ1v) is 10.4. The van der Waals surface area contributed by atoms with Gasteiger partial charge in [-0.05, 0) is 38.1 Å². The van der Waals surface area contributed by atoms with Crippen molar-refractivity contribution in [2.75, 3.05) is 28.4 Å². The lowest BCUT2D eigenvalue weighted by molar-refractivity contribution is -0.126. The van der Waals surface area contributed by atoms with Crippen molar-refractivity contribution in [1.82, 2.24) is 10.9 Å². The van der Waals surface area contributed by atoms with Gasteiger partial charge >= 0.3 is 0 Å². The van der Waals surface area contributed by atoms with Crippen LogP contribution in [0, 0.1) is 0 Å². The number of benzene rings is 2. The highest BCUT2D eigenvalue weighted by atomic mass is 16.5. The summed E-state index contributed by atoms with van der Waals surface area (Å²) in [5.74, 6) is 1.62. The van der Waals surface area contributed by atoms with Crippen LogP contribution in [0.3, 0.4) is 0 Å². The first-order chi connectivity index (χ1) is 16.3. The van der Waals surface area contributed by atoms with Gasteiger partial charge in [-0.15, -0.1) is 0 Å². The number of amides is 2. The molecule has 0 aliphatic heterocycles. The number of ether oxygens (including phenoxy) is 4. The van der Waals surface area contributed by atoms with Gasteiger partial charge < -0.3 is 18.9 Å². The number of rotatable bonds is 11. The van der Waals surface area contributed by atoms with E-state index in [0.717, 1.165) is 0 Å². The molecule has 0 spiro atoms. The number of hydrazone groups is 2. The van der Waals surface area contributed by atoms with Gasteiger partial charge in [0.15, 0.2) is 0 Å². The maximum absolute atomic E-state index is 12.1. The van der Waals surface area contributed by atoms with E-state index in [9.17, 15) is 9.59 Å². The molecule has 0 heterocycles. The van der Waals surface area contributed by atoms with Crippen LogP contribution in [-0.4, -0.2) is 51.7 Å². The van der Waals surface area contributed by atoms with Crippen LogP contribution in [-0.2, 0) is 9.59 Å². The van der Waals surface area contributed by atoms with Crippen LogP contribution in [0.15, 0.2) is 46.6 Å². The summed E-state index contributed by atoms with van der Waals surface area (Å²) in [6.45, 7) is 3.48. The average molecular weight is 471 g/mol. The molecule has 0 aliphatic carbocycles. The Labute approximate surface area is 198 Å². The highest BCUT2D eigenvalue weighted by Gasteiger charge is 2.11. The fourth-order valence-corrected chi connectivity index (χ4v) is 2.95. The molecule has 0 aromatic heterocycles. The maximum atomic E-state index is 12.1. The predicted octanol–water partition coefficient (Wildman–Crippen LogP) is 2.88. The van der Waals surface area contributed by atoms with Crippen LogP contribution in [0.1, 0.15) is 37.8 Å². The highest BCUT2D eigenvalue weighted by molar-refractivity contribution is 6.02. The number of hydrogen-bond acceptors (Lipinski definition) is 8. The number of hydrogen-bond donors (Lipinski definition) is 2. The van der Waals surface area contributed by atoms with Crippen LogP contribution >= 0.6 is 0 Å². The van der Waals surface area contributed by atoms with Gasteiger partial charge in [-0.1, -0.05) is 0 Å². The van der Waals surface area contributed by atoms with Crippen LogP contribution < -0.4 is 29.8 Å². The molecule has 2 N–H and O–H groups in total. The molecule has 0 aliphatic rings. The van der Waals surface area contributed by atoms with Crippen LogP contribution in [0.5, 0.6) is 23.0 Å². The predicted molar refractivity (Wildman–Crippen MR) is 129 cm³/mol. The van der Waals surface area contributed by atoms with Crippen LogP contribution in [0.2, 0.25) is 0 Å². The molecule has 2 amide bonds. The molecule has 2 rings (SSSR count). The van der Waals surface area contributed by atoms with E-state index in [2.05, 4.69) is 21.1 Å². The minimum absolute atomic E-state index is 0.0528. The minimum atomic E-state index is -0.403. The smallest absolute Gasteiger partial charge is 0.240 e. The van der Waals surface area contributed by atoms with E-state index in [-0.39, 0.29) is 12.8 Å². The molecule has 0 unspecified atom stereocenters. The lowest BCUT2D eigenvalue weighted by atomic mass is 10.1. The monoisotopic (exact) mass is 470 g/mol. The number of carbonyl (C=O) groups is 2. The zero-order chi connectivity index (χ0) is 25.1. The van der Waals surface area contributed by atoms with Gasteiger partial charge in [0.05, 0.1) is 39.9 Å². The Morgan fingerprint density at radius 1 is 0.676 bits per heavy atom. The van der Waals surface area contributed by atoms with Crippen molar-refractivity contribution in [3.8, 4) is 23.0 Å². The number of carbonyl (C=O) groups excluding carboxylic acids is 2. The van der Waals surface area contributed by atoms with E-state index in [0.29, 0.717) is 45.5 Å². The highest BCUT2D eigenvalue weighted by Crippen LogP contribution is 2.26. The molecule has 0 saturated carbocycles. The Balaban J connectivity index is 1.90.